The maximum Gasteiger partial charge on any atom is 0.402 e. The molecule has 0 N–H and O–H groups in total. The van der Waals surface area contributed by atoms with E-state index in [4.69, 9.17) is 0 Å². The number of nitrogens with zero attached hydrogens (tertiary/aromatic N) is 1. The highest BCUT2D eigenvalue weighted by molar-refractivity contribution is 14.1. The molecule has 3 aromatic carbocycles. The zero-order chi connectivity index (χ0) is 19.7. The zero-order valence-electron chi connectivity index (χ0n) is 15.1. The molecule has 5 heteroatoms. The minimum atomic E-state index is -4.36. The Hall–Kier alpha value is -2.02. The highest BCUT2D eigenvalue weighted by atomic mass is 127. The lowest BCUT2D eigenvalue weighted by atomic mass is 9.74. The van der Waals surface area contributed by atoms with E-state index < -0.39 is 11.6 Å². The number of para-hydroxylation sites is 1. The van der Waals surface area contributed by atoms with Gasteiger partial charge in [0.05, 0.1) is 33.9 Å². The predicted octanol–water partition coefficient (Wildman–Crippen LogP) is 7.62. The highest BCUT2D eigenvalue weighted by Crippen LogP contribution is 2.59. The minimum absolute atomic E-state index is 0.0491. The summed E-state index contributed by atoms with van der Waals surface area (Å²) in [6.07, 6.45) is -3.85. The summed E-state index contributed by atoms with van der Waals surface area (Å²) >= 11 is 2.19. The topological polar surface area (TPSA) is 4.93 Å². The fourth-order valence-corrected chi connectivity index (χ4v) is 5.69. The quantitative estimate of drug-likeness (QED) is 0.254. The van der Waals surface area contributed by atoms with Gasteiger partial charge >= 0.3 is 6.18 Å². The van der Waals surface area contributed by atoms with Crippen LogP contribution in [-0.2, 0) is 5.41 Å². The van der Waals surface area contributed by atoms with Crippen LogP contribution in [0.5, 0.6) is 0 Å². The Labute approximate surface area is 174 Å². The van der Waals surface area contributed by atoms with Gasteiger partial charge in [-0.15, -0.1) is 0 Å². The monoisotopic (exact) mass is 491 g/mol. The Morgan fingerprint density at radius 2 is 1.57 bits per heavy atom. The van der Waals surface area contributed by atoms with E-state index in [2.05, 4.69) is 22.9 Å². The van der Waals surface area contributed by atoms with Crippen molar-refractivity contribution in [1.82, 2.24) is 2.78 Å². The first-order chi connectivity index (χ1) is 13.4. The Balaban J connectivity index is 1.97. The molecular formula is C23H17F3IN. The number of fused-ring (bicyclic) bond motifs is 6. The van der Waals surface area contributed by atoms with Crippen molar-refractivity contribution in [1.29, 1.82) is 0 Å². The van der Waals surface area contributed by atoms with Crippen molar-refractivity contribution in [2.45, 2.75) is 31.4 Å². The van der Waals surface area contributed by atoms with Crippen molar-refractivity contribution >= 4 is 44.7 Å². The van der Waals surface area contributed by atoms with Crippen LogP contribution >= 0.6 is 22.9 Å². The molecule has 0 saturated carbocycles. The second-order valence-electron chi connectivity index (χ2n) is 7.41. The van der Waals surface area contributed by atoms with Gasteiger partial charge in [0.1, 0.15) is 5.41 Å². The molecule has 1 aliphatic rings. The Morgan fingerprint density at radius 3 is 2.32 bits per heavy atom. The van der Waals surface area contributed by atoms with E-state index in [1.54, 1.807) is 18.2 Å². The van der Waals surface area contributed by atoms with E-state index in [0.717, 1.165) is 21.8 Å². The average Bonchev–Trinajstić information content (AvgIpc) is 3.12. The van der Waals surface area contributed by atoms with Crippen LogP contribution in [0.15, 0.2) is 60.7 Å². The number of hydrogen-bond donors (Lipinski definition) is 0. The van der Waals surface area contributed by atoms with Crippen LogP contribution in [-0.4, -0.2) is 8.96 Å². The lowest BCUT2D eigenvalue weighted by Crippen LogP contribution is -2.41. The van der Waals surface area contributed by atoms with Gasteiger partial charge in [0.2, 0.25) is 0 Å². The third-order valence-electron chi connectivity index (χ3n) is 6.00. The van der Waals surface area contributed by atoms with Gasteiger partial charge in [-0.1, -0.05) is 55.8 Å². The van der Waals surface area contributed by atoms with Gasteiger partial charge in [0, 0.05) is 10.8 Å². The van der Waals surface area contributed by atoms with Crippen molar-refractivity contribution in [2.24, 2.45) is 0 Å². The number of rotatable bonds is 2. The van der Waals surface area contributed by atoms with Crippen molar-refractivity contribution in [3.63, 3.8) is 0 Å². The zero-order valence-corrected chi connectivity index (χ0v) is 17.3. The first kappa shape index (κ1) is 18.0. The number of alkyl halides is 3. The molecule has 1 atom stereocenters. The highest BCUT2D eigenvalue weighted by Gasteiger charge is 2.60. The van der Waals surface area contributed by atoms with E-state index in [1.807, 2.05) is 52.2 Å². The lowest BCUT2D eigenvalue weighted by Gasteiger charge is -2.34. The molecule has 142 valence electrons. The third-order valence-corrected chi connectivity index (χ3v) is 7.04. The fraction of sp³-hybridized carbons (Fsp3) is 0.217. The van der Waals surface area contributed by atoms with Crippen LogP contribution in [0.4, 0.5) is 13.2 Å². The molecule has 1 unspecified atom stereocenters. The molecule has 28 heavy (non-hydrogen) atoms. The molecule has 0 saturated heterocycles. The first-order valence-corrected chi connectivity index (χ1v) is 10.3. The summed E-state index contributed by atoms with van der Waals surface area (Å²) in [5, 5.41) is 2.06. The van der Waals surface area contributed by atoms with E-state index in [9.17, 15) is 13.2 Å². The molecule has 1 aliphatic carbocycles. The second-order valence-corrected chi connectivity index (χ2v) is 8.38. The van der Waals surface area contributed by atoms with E-state index in [0.29, 0.717) is 28.7 Å². The van der Waals surface area contributed by atoms with Crippen molar-refractivity contribution < 1.29 is 13.2 Å². The van der Waals surface area contributed by atoms with E-state index in [1.165, 1.54) is 0 Å². The van der Waals surface area contributed by atoms with Gasteiger partial charge in [-0.25, -0.2) is 0 Å². The third kappa shape index (κ3) is 2.14. The summed E-state index contributed by atoms with van der Waals surface area (Å²) < 4.78 is 45.9. The average molecular weight is 491 g/mol. The van der Waals surface area contributed by atoms with Gasteiger partial charge < -0.3 is 0 Å². The summed E-state index contributed by atoms with van der Waals surface area (Å²) in [7, 11) is 0. The molecule has 4 aromatic rings. The van der Waals surface area contributed by atoms with Gasteiger partial charge in [-0.2, -0.15) is 13.2 Å². The molecule has 1 heterocycles. The molecule has 1 aromatic heterocycles. The summed E-state index contributed by atoms with van der Waals surface area (Å²) in [6.45, 7) is 1.82. The van der Waals surface area contributed by atoms with Crippen LogP contribution in [0.25, 0.3) is 32.9 Å². The smallest absolute Gasteiger partial charge is 0.282 e. The molecule has 0 fully saturated rings. The molecule has 0 radical (unpaired) electrons. The maximum absolute atomic E-state index is 14.7. The molecule has 0 aliphatic heterocycles. The molecular weight excluding hydrogens is 474 g/mol. The van der Waals surface area contributed by atoms with Gasteiger partial charge in [0.25, 0.3) is 0 Å². The molecule has 0 amide bonds. The van der Waals surface area contributed by atoms with Gasteiger partial charge in [-0.3, -0.25) is 2.78 Å². The predicted molar refractivity (Wildman–Crippen MR) is 116 cm³/mol. The van der Waals surface area contributed by atoms with Crippen molar-refractivity contribution in [3.8, 4) is 11.1 Å². The van der Waals surface area contributed by atoms with Crippen molar-refractivity contribution in [2.75, 3.05) is 0 Å². The Bertz CT molecular complexity index is 1240. The maximum atomic E-state index is 14.7. The summed E-state index contributed by atoms with van der Waals surface area (Å²) in [5.41, 5.74) is 2.08. The minimum Gasteiger partial charge on any atom is -0.282 e. The number of aromatic nitrogens is 1. The largest absolute Gasteiger partial charge is 0.402 e. The summed E-state index contributed by atoms with van der Waals surface area (Å²) in [4.78, 5) is 0. The van der Waals surface area contributed by atoms with Crippen LogP contribution < -0.4 is 0 Å². The summed E-state index contributed by atoms with van der Waals surface area (Å²) in [6, 6.07) is 18.7. The van der Waals surface area contributed by atoms with E-state index >= 15 is 0 Å². The number of hydrogen-bond acceptors (Lipinski definition) is 0. The Kier molecular flexibility index (Phi) is 3.86. The SMILES string of the molecule is CCCC1(C(F)(F)F)c2ccccc2-c2cc3c4ccccc4n(I)c3cc21. The van der Waals surface area contributed by atoms with Gasteiger partial charge in [0.15, 0.2) is 0 Å². The molecule has 1 nitrogen and oxygen atoms in total. The number of benzene rings is 3. The summed E-state index contributed by atoms with van der Waals surface area (Å²) in [5.74, 6) is 0. The lowest BCUT2D eigenvalue weighted by molar-refractivity contribution is -0.179. The van der Waals surface area contributed by atoms with Crippen LogP contribution in [0.2, 0.25) is 0 Å². The van der Waals surface area contributed by atoms with Crippen LogP contribution in [0, 0.1) is 0 Å². The Morgan fingerprint density at radius 1 is 0.857 bits per heavy atom. The van der Waals surface area contributed by atoms with Crippen LogP contribution in [0.3, 0.4) is 0 Å². The first-order valence-electron chi connectivity index (χ1n) is 9.30. The normalized spacial score (nSPS) is 18.6. The fourth-order valence-electron chi connectivity index (χ4n) is 4.87. The molecule has 0 spiro atoms. The van der Waals surface area contributed by atoms with E-state index in [-0.39, 0.29) is 6.42 Å². The van der Waals surface area contributed by atoms with Gasteiger partial charge in [-0.05, 0) is 46.9 Å². The second kappa shape index (κ2) is 5.99. The molecule has 0 bridgehead atoms. The standard InChI is InChI=1S/C23H17F3IN/c1-2-11-22(23(24,25)26)18-9-5-3-7-14(18)16-12-17-15-8-4-6-10-20(15)28(27)21(17)13-19(16)22/h3-10,12-13H,2,11H2,1H3. The van der Waals surface area contributed by atoms with Crippen molar-refractivity contribution in [3.05, 3.63) is 71.8 Å². The van der Waals surface area contributed by atoms with Crippen LogP contribution in [0.1, 0.15) is 30.9 Å². The number of halogens is 4. The molecule has 5 rings (SSSR count).